The second-order valence-electron chi connectivity index (χ2n) is 4.41. The first-order chi connectivity index (χ1) is 8.25. The average Bonchev–Trinajstić information content (AvgIpc) is 2.69. The number of fused-ring (bicyclic) bond motifs is 1. The lowest BCUT2D eigenvalue weighted by Gasteiger charge is -2.13. The maximum atomic E-state index is 6.00. The van der Waals surface area contributed by atoms with Crippen molar-refractivity contribution in [3.05, 3.63) is 39.1 Å². The number of nitrogens with two attached hydrogens (primary N) is 1. The molecule has 3 rings (SSSR count). The quantitative estimate of drug-likeness (QED) is 0.812. The SMILES string of the molecule is Nc1nn(-c2ccc(I)cc2)c2c1CCCC2. The summed E-state index contributed by atoms with van der Waals surface area (Å²) in [5.41, 5.74) is 9.67. The van der Waals surface area contributed by atoms with E-state index in [1.807, 2.05) is 4.68 Å². The predicted molar refractivity (Wildman–Crippen MR) is 77.3 cm³/mol. The standard InChI is InChI=1S/C13H14IN3/c14-9-5-7-10(8-6-9)17-12-4-2-1-3-11(12)13(15)16-17/h5-8H,1-4H2,(H2,15,16). The van der Waals surface area contributed by atoms with Crippen LogP contribution in [-0.2, 0) is 12.8 Å². The fourth-order valence-corrected chi connectivity index (χ4v) is 2.78. The zero-order chi connectivity index (χ0) is 11.8. The van der Waals surface area contributed by atoms with E-state index in [0.29, 0.717) is 5.82 Å². The molecule has 2 aromatic rings. The van der Waals surface area contributed by atoms with Crippen molar-refractivity contribution < 1.29 is 0 Å². The molecular formula is C13H14IN3. The Morgan fingerprint density at radius 3 is 2.59 bits per heavy atom. The second kappa shape index (κ2) is 4.33. The number of rotatable bonds is 1. The van der Waals surface area contributed by atoms with Crippen molar-refractivity contribution in [2.45, 2.75) is 25.7 Å². The minimum Gasteiger partial charge on any atom is -0.382 e. The topological polar surface area (TPSA) is 43.8 Å². The highest BCUT2D eigenvalue weighted by atomic mass is 127. The minimum absolute atomic E-state index is 0.707. The van der Waals surface area contributed by atoms with Crippen molar-refractivity contribution in [3.63, 3.8) is 0 Å². The third-order valence-corrected chi connectivity index (χ3v) is 4.00. The summed E-state index contributed by atoms with van der Waals surface area (Å²) in [4.78, 5) is 0. The number of anilines is 1. The van der Waals surface area contributed by atoms with E-state index in [9.17, 15) is 0 Å². The lowest BCUT2D eigenvalue weighted by atomic mass is 9.97. The van der Waals surface area contributed by atoms with Gasteiger partial charge in [-0.3, -0.25) is 0 Å². The summed E-state index contributed by atoms with van der Waals surface area (Å²) in [6.45, 7) is 0. The Balaban J connectivity index is 2.11. The Labute approximate surface area is 114 Å². The zero-order valence-electron chi connectivity index (χ0n) is 9.49. The number of hydrogen-bond donors (Lipinski definition) is 1. The molecular weight excluding hydrogens is 325 g/mol. The Morgan fingerprint density at radius 1 is 1.12 bits per heavy atom. The van der Waals surface area contributed by atoms with Crippen LogP contribution in [0.1, 0.15) is 24.1 Å². The second-order valence-corrected chi connectivity index (χ2v) is 5.65. The molecule has 0 amide bonds. The highest BCUT2D eigenvalue weighted by Crippen LogP contribution is 2.28. The van der Waals surface area contributed by atoms with Crippen LogP contribution in [0.15, 0.2) is 24.3 Å². The minimum atomic E-state index is 0.707. The third-order valence-electron chi connectivity index (χ3n) is 3.28. The van der Waals surface area contributed by atoms with Gasteiger partial charge in [0, 0.05) is 14.8 Å². The number of benzene rings is 1. The average molecular weight is 339 g/mol. The van der Waals surface area contributed by atoms with E-state index in [1.165, 1.54) is 27.7 Å². The van der Waals surface area contributed by atoms with Crippen LogP contribution < -0.4 is 5.73 Å². The number of aromatic nitrogens is 2. The van der Waals surface area contributed by atoms with E-state index in [-0.39, 0.29) is 0 Å². The maximum Gasteiger partial charge on any atom is 0.149 e. The van der Waals surface area contributed by atoms with Crippen molar-refractivity contribution in [2.75, 3.05) is 5.73 Å². The van der Waals surface area contributed by atoms with Crippen LogP contribution in [0.25, 0.3) is 5.69 Å². The van der Waals surface area contributed by atoms with Gasteiger partial charge in [-0.1, -0.05) is 0 Å². The summed E-state index contributed by atoms with van der Waals surface area (Å²) in [7, 11) is 0. The van der Waals surface area contributed by atoms with E-state index >= 15 is 0 Å². The van der Waals surface area contributed by atoms with Crippen LogP contribution in [0.4, 0.5) is 5.82 Å². The van der Waals surface area contributed by atoms with Crippen LogP contribution in [0, 0.1) is 3.57 Å². The molecule has 1 heterocycles. The fraction of sp³-hybridized carbons (Fsp3) is 0.308. The molecule has 0 saturated heterocycles. The van der Waals surface area contributed by atoms with Crippen molar-refractivity contribution in [1.82, 2.24) is 9.78 Å². The predicted octanol–water partition coefficient (Wildman–Crippen LogP) is 2.94. The molecule has 0 bridgehead atoms. The van der Waals surface area contributed by atoms with Gasteiger partial charge in [-0.05, 0) is 72.5 Å². The lowest BCUT2D eigenvalue weighted by Crippen LogP contribution is -2.07. The van der Waals surface area contributed by atoms with E-state index in [4.69, 9.17) is 5.73 Å². The Morgan fingerprint density at radius 2 is 1.82 bits per heavy atom. The number of hydrogen-bond acceptors (Lipinski definition) is 2. The highest BCUT2D eigenvalue weighted by molar-refractivity contribution is 14.1. The number of halogens is 1. The molecule has 0 aliphatic heterocycles. The van der Waals surface area contributed by atoms with Gasteiger partial charge in [0.15, 0.2) is 0 Å². The lowest BCUT2D eigenvalue weighted by molar-refractivity contribution is 0.653. The molecule has 0 radical (unpaired) electrons. The molecule has 0 fully saturated rings. The molecule has 1 aromatic heterocycles. The van der Waals surface area contributed by atoms with Gasteiger partial charge in [0.2, 0.25) is 0 Å². The number of nitrogen functional groups attached to an aromatic ring is 1. The van der Waals surface area contributed by atoms with Gasteiger partial charge in [-0.15, -0.1) is 0 Å². The fourth-order valence-electron chi connectivity index (χ4n) is 2.42. The summed E-state index contributed by atoms with van der Waals surface area (Å²) in [6.07, 6.45) is 4.63. The van der Waals surface area contributed by atoms with Crippen LogP contribution in [0.3, 0.4) is 0 Å². The molecule has 17 heavy (non-hydrogen) atoms. The van der Waals surface area contributed by atoms with Gasteiger partial charge in [0.1, 0.15) is 5.82 Å². The molecule has 1 aliphatic carbocycles. The monoisotopic (exact) mass is 339 g/mol. The Kier molecular flexibility index (Phi) is 2.82. The van der Waals surface area contributed by atoms with Crippen LogP contribution in [0.2, 0.25) is 0 Å². The van der Waals surface area contributed by atoms with Gasteiger partial charge in [0.25, 0.3) is 0 Å². The molecule has 1 aliphatic rings. The van der Waals surface area contributed by atoms with Gasteiger partial charge >= 0.3 is 0 Å². The highest BCUT2D eigenvalue weighted by Gasteiger charge is 2.19. The van der Waals surface area contributed by atoms with E-state index in [0.717, 1.165) is 18.5 Å². The summed E-state index contributed by atoms with van der Waals surface area (Å²) in [5.74, 6) is 0.707. The molecule has 0 atom stereocenters. The first kappa shape index (κ1) is 11.1. The number of nitrogens with zero attached hydrogens (tertiary/aromatic N) is 2. The molecule has 88 valence electrons. The summed E-state index contributed by atoms with van der Waals surface area (Å²) >= 11 is 2.31. The maximum absolute atomic E-state index is 6.00. The van der Waals surface area contributed by atoms with E-state index in [2.05, 4.69) is 52.0 Å². The Hall–Kier alpha value is -1.04. The van der Waals surface area contributed by atoms with Crippen molar-refractivity contribution in [1.29, 1.82) is 0 Å². The largest absolute Gasteiger partial charge is 0.382 e. The molecule has 0 spiro atoms. The smallest absolute Gasteiger partial charge is 0.149 e. The molecule has 4 heteroatoms. The van der Waals surface area contributed by atoms with Gasteiger partial charge < -0.3 is 5.73 Å². The van der Waals surface area contributed by atoms with E-state index in [1.54, 1.807) is 0 Å². The molecule has 0 unspecified atom stereocenters. The van der Waals surface area contributed by atoms with Gasteiger partial charge in [0.05, 0.1) is 5.69 Å². The van der Waals surface area contributed by atoms with E-state index < -0.39 is 0 Å². The van der Waals surface area contributed by atoms with Crippen LogP contribution in [-0.4, -0.2) is 9.78 Å². The van der Waals surface area contributed by atoms with Crippen LogP contribution >= 0.6 is 22.6 Å². The first-order valence-corrected chi connectivity index (χ1v) is 6.96. The molecule has 1 aromatic carbocycles. The Bertz CT molecular complexity index is 543. The zero-order valence-corrected chi connectivity index (χ0v) is 11.6. The molecule has 3 nitrogen and oxygen atoms in total. The van der Waals surface area contributed by atoms with Crippen LogP contribution in [0.5, 0.6) is 0 Å². The third kappa shape index (κ3) is 1.94. The summed E-state index contributed by atoms with van der Waals surface area (Å²) in [5, 5.41) is 4.48. The van der Waals surface area contributed by atoms with Gasteiger partial charge in [-0.25, -0.2) is 4.68 Å². The summed E-state index contributed by atoms with van der Waals surface area (Å²) < 4.78 is 3.25. The molecule has 2 N–H and O–H groups in total. The van der Waals surface area contributed by atoms with Crippen molar-refractivity contribution in [3.8, 4) is 5.69 Å². The normalized spacial score (nSPS) is 14.6. The first-order valence-electron chi connectivity index (χ1n) is 5.88. The molecule has 0 saturated carbocycles. The summed E-state index contributed by atoms with van der Waals surface area (Å²) in [6, 6.07) is 8.40. The van der Waals surface area contributed by atoms with Crippen molar-refractivity contribution in [2.24, 2.45) is 0 Å². The van der Waals surface area contributed by atoms with Gasteiger partial charge in [-0.2, -0.15) is 5.10 Å². The van der Waals surface area contributed by atoms with Crippen molar-refractivity contribution >= 4 is 28.4 Å².